The van der Waals surface area contributed by atoms with Crippen LogP contribution in [0.2, 0.25) is 0 Å². The first-order valence-corrected chi connectivity index (χ1v) is 7.95. The monoisotopic (exact) mass is 288 g/mol. The van der Waals surface area contributed by atoms with Crippen molar-refractivity contribution in [1.82, 2.24) is 10.2 Å². The van der Waals surface area contributed by atoms with E-state index in [9.17, 15) is 4.79 Å². The van der Waals surface area contributed by atoms with Gasteiger partial charge in [0.2, 0.25) is 5.91 Å². The van der Waals surface area contributed by atoms with Crippen molar-refractivity contribution in [3.63, 3.8) is 0 Å². The summed E-state index contributed by atoms with van der Waals surface area (Å²) in [5.74, 6) is 0.190. The van der Waals surface area contributed by atoms with Gasteiger partial charge in [0, 0.05) is 19.7 Å². The van der Waals surface area contributed by atoms with E-state index in [4.69, 9.17) is 4.74 Å². The third-order valence-electron chi connectivity index (χ3n) is 4.59. The van der Waals surface area contributed by atoms with Crippen molar-refractivity contribution in [2.24, 2.45) is 0 Å². The van der Waals surface area contributed by atoms with Crippen LogP contribution in [0.5, 0.6) is 0 Å². The van der Waals surface area contributed by atoms with Crippen LogP contribution in [0.3, 0.4) is 0 Å². The third-order valence-corrected chi connectivity index (χ3v) is 4.59. The van der Waals surface area contributed by atoms with Gasteiger partial charge in [0.25, 0.3) is 0 Å². The zero-order valence-electron chi connectivity index (χ0n) is 12.7. The van der Waals surface area contributed by atoms with Crippen LogP contribution in [0, 0.1) is 0 Å². The van der Waals surface area contributed by atoms with Crippen LogP contribution >= 0.6 is 0 Å². The van der Waals surface area contributed by atoms with E-state index >= 15 is 0 Å². The van der Waals surface area contributed by atoms with Crippen molar-refractivity contribution in [1.29, 1.82) is 0 Å². The van der Waals surface area contributed by atoms with E-state index < -0.39 is 0 Å². The molecule has 21 heavy (non-hydrogen) atoms. The number of hydrogen-bond donors (Lipinski definition) is 1. The number of nitrogens with one attached hydrogen (secondary N) is 1. The van der Waals surface area contributed by atoms with E-state index in [1.54, 1.807) is 0 Å². The Kier molecular flexibility index (Phi) is 4.56. The van der Waals surface area contributed by atoms with Crippen LogP contribution in [0.4, 0.5) is 0 Å². The summed E-state index contributed by atoms with van der Waals surface area (Å²) in [6.07, 6.45) is 3.49. The quantitative estimate of drug-likeness (QED) is 0.920. The minimum Gasteiger partial charge on any atom is -0.377 e. The molecular weight excluding hydrogens is 264 g/mol. The molecule has 1 N–H and O–H groups in total. The summed E-state index contributed by atoms with van der Waals surface area (Å²) in [4.78, 5) is 14.4. The van der Waals surface area contributed by atoms with Gasteiger partial charge in [-0.2, -0.15) is 0 Å². The second kappa shape index (κ2) is 6.58. The lowest BCUT2D eigenvalue weighted by molar-refractivity contribution is -0.132. The molecule has 1 fully saturated rings. The smallest absolute Gasteiger partial charge is 0.237 e. The molecule has 2 atom stereocenters. The molecule has 4 heteroatoms. The highest BCUT2D eigenvalue weighted by atomic mass is 16.5. The van der Waals surface area contributed by atoms with Crippen LogP contribution in [0.15, 0.2) is 24.3 Å². The molecule has 114 valence electrons. The summed E-state index contributed by atoms with van der Waals surface area (Å²) in [5, 5.41) is 3.25. The standard InChI is InChI=1S/C17H24N2O2/c1-13-16-7-3-2-5-14(16)8-9-19(13)17(20)12-18-11-15-6-4-10-21-15/h2-3,5,7,13,15,18H,4,6,8-12H2,1H3/t13-,15+/m0/s1. The Hall–Kier alpha value is -1.39. The van der Waals surface area contributed by atoms with Gasteiger partial charge in [0.15, 0.2) is 0 Å². The molecule has 0 aromatic heterocycles. The molecule has 1 aromatic carbocycles. The Bertz CT molecular complexity index is 497. The van der Waals surface area contributed by atoms with Gasteiger partial charge >= 0.3 is 0 Å². The van der Waals surface area contributed by atoms with Gasteiger partial charge in [-0.3, -0.25) is 4.79 Å². The van der Waals surface area contributed by atoms with E-state index in [1.165, 1.54) is 11.1 Å². The van der Waals surface area contributed by atoms with E-state index in [0.29, 0.717) is 6.54 Å². The molecule has 1 aromatic rings. The molecule has 2 heterocycles. The largest absolute Gasteiger partial charge is 0.377 e. The predicted molar refractivity (Wildman–Crippen MR) is 82.1 cm³/mol. The Morgan fingerprint density at radius 2 is 2.29 bits per heavy atom. The average Bonchev–Trinajstić information content (AvgIpc) is 3.01. The lowest BCUT2D eigenvalue weighted by Crippen LogP contribution is -2.44. The van der Waals surface area contributed by atoms with Crippen LogP contribution in [0.1, 0.15) is 36.9 Å². The summed E-state index contributed by atoms with van der Waals surface area (Å²) in [7, 11) is 0. The summed E-state index contributed by atoms with van der Waals surface area (Å²) in [6.45, 7) is 4.99. The molecule has 2 aliphatic heterocycles. The fourth-order valence-electron chi connectivity index (χ4n) is 3.36. The van der Waals surface area contributed by atoms with E-state index in [1.807, 2.05) is 4.90 Å². The molecule has 0 spiro atoms. The number of benzene rings is 1. The van der Waals surface area contributed by atoms with E-state index in [2.05, 4.69) is 36.5 Å². The van der Waals surface area contributed by atoms with Gasteiger partial charge < -0.3 is 15.0 Å². The molecule has 1 amide bonds. The number of carbonyl (C=O) groups is 1. The summed E-state index contributed by atoms with van der Waals surface area (Å²) < 4.78 is 5.56. The zero-order valence-corrected chi connectivity index (χ0v) is 12.7. The predicted octanol–water partition coefficient (Wildman–Crippen LogP) is 1.90. The molecule has 0 bridgehead atoms. The fraction of sp³-hybridized carbons (Fsp3) is 0.588. The molecule has 1 saturated heterocycles. The number of carbonyl (C=O) groups excluding carboxylic acids is 1. The number of fused-ring (bicyclic) bond motifs is 1. The first-order chi connectivity index (χ1) is 10.3. The van der Waals surface area contributed by atoms with Gasteiger partial charge in [-0.1, -0.05) is 24.3 Å². The lowest BCUT2D eigenvalue weighted by atomic mass is 9.93. The second-order valence-corrected chi connectivity index (χ2v) is 5.98. The first-order valence-electron chi connectivity index (χ1n) is 7.95. The topological polar surface area (TPSA) is 41.6 Å². The van der Waals surface area contributed by atoms with Crippen LogP contribution in [-0.4, -0.2) is 43.2 Å². The van der Waals surface area contributed by atoms with Gasteiger partial charge in [-0.05, 0) is 37.3 Å². The van der Waals surface area contributed by atoms with Crippen molar-refractivity contribution in [2.45, 2.75) is 38.3 Å². The fourth-order valence-corrected chi connectivity index (χ4v) is 3.36. The number of rotatable bonds is 4. The normalized spacial score (nSPS) is 24.9. The van der Waals surface area contributed by atoms with Gasteiger partial charge in [0.1, 0.15) is 0 Å². The number of amides is 1. The average molecular weight is 288 g/mol. The van der Waals surface area contributed by atoms with Gasteiger partial charge in [-0.15, -0.1) is 0 Å². The van der Waals surface area contributed by atoms with Gasteiger partial charge in [-0.25, -0.2) is 0 Å². The Labute approximate surface area is 126 Å². The zero-order chi connectivity index (χ0) is 14.7. The first kappa shape index (κ1) is 14.5. The SMILES string of the molecule is C[C@H]1c2ccccc2CCN1C(=O)CNC[C@H]1CCCO1. The number of hydrogen-bond acceptors (Lipinski definition) is 3. The minimum atomic E-state index is 0.173. The number of nitrogens with zero attached hydrogens (tertiary/aromatic N) is 1. The Morgan fingerprint density at radius 3 is 3.10 bits per heavy atom. The maximum Gasteiger partial charge on any atom is 0.237 e. The molecule has 0 radical (unpaired) electrons. The second-order valence-electron chi connectivity index (χ2n) is 5.98. The number of ether oxygens (including phenoxy) is 1. The minimum absolute atomic E-state index is 0.173. The molecule has 0 unspecified atom stereocenters. The summed E-state index contributed by atoms with van der Waals surface area (Å²) in [6, 6.07) is 8.61. The maximum atomic E-state index is 12.4. The summed E-state index contributed by atoms with van der Waals surface area (Å²) >= 11 is 0. The van der Waals surface area contributed by atoms with Gasteiger partial charge in [0.05, 0.1) is 18.7 Å². The molecule has 0 saturated carbocycles. The van der Waals surface area contributed by atoms with Crippen molar-refractivity contribution in [3.8, 4) is 0 Å². The van der Waals surface area contributed by atoms with Crippen LogP contribution < -0.4 is 5.32 Å². The van der Waals surface area contributed by atoms with Crippen molar-refractivity contribution in [3.05, 3.63) is 35.4 Å². The molecule has 2 aliphatic rings. The highest BCUT2D eigenvalue weighted by Gasteiger charge is 2.27. The van der Waals surface area contributed by atoms with E-state index in [-0.39, 0.29) is 18.1 Å². The highest BCUT2D eigenvalue weighted by molar-refractivity contribution is 5.79. The van der Waals surface area contributed by atoms with E-state index in [0.717, 1.165) is 39.0 Å². The molecular formula is C17H24N2O2. The lowest BCUT2D eigenvalue weighted by Gasteiger charge is -2.35. The van der Waals surface area contributed by atoms with Crippen LogP contribution in [-0.2, 0) is 16.0 Å². The Balaban J connectivity index is 1.53. The maximum absolute atomic E-state index is 12.4. The van der Waals surface area contributed by atoms with Crippen molar-refractivity contribution < 1.29 is 9.53 Å². The van der Waals surface area contributed by atoms with Crippen LogP contribution in [0.25, 0.3) is 0 Å². The molecule has 4 nitrogen and oxygen atoms in total. The molecule has 0 aliphatic carbocycles. The Morgan fingerprint density at radius 1 is 1.43 bits per heavy atom. The van der Waals surface area contributed by atoms with Crippen molar-refractivity contribution in [2.75, 3.05) is 26.2 Å². The van der Waals surface area contributed by atoms with Crippen molar-refractivity contribution >= 4 is 5.91 Å². The summed E-state index contributed by atoms with van der Waals surface area (Å²) in [5.41, 5.74) is 2.66. The third kappa shape index (κ3) is 3.27. The molecule has 3 rings (SSSR count). The highest BCUT2D eigenvalue weighted by Crippen LogP contribution is 2.28.